The minimum Gasteiger partial charge on any atom is -0.495 e. The van der Waals surface area contributed by atoms with Crippen molar-refractivity contribution in [2.75, 3.05) is 18.2 Å². The number of rotatable bonds is 7. The van der Waals surface area contributed by atoms with Gasteiger partial charge >= 0.3 is 0 Å². The van der Waals surface area contributed by atoms with Crippen molar-refractivity contribution in [2.24, 2.45) is 10.2 Å². The summed E-state index contributed by atoms with van der Waals surface area (Å²) >= 11 is 0. The average molecular weight is 575 g/mol. The molecule has 0 bridgehead atoms. The molecule has 0 radical (unpaired) electrons. The minimum atomic E-state index is -5.12. The van der Waals surface area contributed by atoms with Gasteiger partial charge in [-0.1, -0.05) is 0 Å². The van der Waals surface area contributed by atoms with E-state index in [9.17, 15) is 43.7 Å². The number of nitrogens with two attached hydrogens (primary N) is 1. The van der Waals surface area contributed by atoms with Gasteiger partial charge < -0.3 is 15.8 Å². The molecule has 0 unspecified atom stereocenters. The van der Waals surface area contributed by atoms with Crippen molar-refractivity contribution < 1.29 is 48.4 Å². The first-order valence-electron chi connectivity index (χ1n) is 9.63. The summed E-state index contributed by atoms with van der Waals surface area (Å²) in [6, 6.07) is 5.16. The number of nitrogens with one attached hydrogen (secondary N) is 1. The maximum atomic E-state index is 12.1. The van der Waals surface area contributed by atoms with Crippen LogP contribution in [-0.2, 0) is 35.1 Å². The molecule has 0 fully saturated rings. The van der Waals surface area contributed by atoms with Crippen molar-refractivity contribution >= 4 is 69.8 Å². The number of nitrogen functional groups attached to an aromatic ring is 1. The van der Waals surface area contributed by atoms with E-state index in [1.807, 2.05) is 0 Å². The third kappa shape index (κ3) is 6.18. The summed E-state index contributed by atoms with van der Waals surface area (Å²) in [6.45, 7) is 1.19. The van der Waals surface area contributed by atoms with Gasteiger partial charge in [-0.3, -0.25) is 18.5 Å². The Hall–Kier alpha value is -3.68. The van der Waals surface area contributed by atoms with Gasteiger partial charge in [0.15, 0.2) is 0 Å². The van der Waals surface area contributed by atoms with E-state index in [0.29, 0.717) is 18.2 Å². The Labute approximate surface area is 210 Å². The summed E-state index contributed by atoms with van der Waals surface area (Å²) in [5.74, 6) is -0.402. The van der Waals surface area contributed by atoms with Crippen molar-refractivity contribution in [3.63, 3.8) is 0 Å². The molecule has 0 heterocycles. The van der Waals surface area contributed by atoms with E-state index in [-0.39, 0.29) is 22.8 Å². The number of carbonyl (C=O) groups is 1. The summed E-state index contributed by atoms with van der Waals surface area (Å²) in [7, 11) is -13.9. The molecule has 0 aliphatic carbocycles. The van der Waals surface area contributed by atoms with E-state index >= 15 is 0 Å². The van der Waals surface area contributed by atoms with Crippen LogP contribution in [0.2, 0.25) is 0 Å². The highest BCUT2D eigenvalue weighted by Crippen LogP contribution is 2.39. The summed E-state index contributed by atoms with van der Waals surface area (Å²) < 4.78 is 105. The lowest BCUT2D eigenvalue weighted by Crippen LogP contribution is -2.06. The number of methoxy groups -OCH3 is 1. The molecule has 0 aliphatic rings. The van der Waals surface area contributed by atoms with E-state index in [1.165, 1.54) is 26.2 Å². The number of benzene rings is 3. The van der Waals surface area contributed by atoms with Gasteiger partial charge in [-0.25, -0.2) is 0 Å². The van der Waals surface area contributed by atoms with Crippen LogP contribution in [0.5, 0.6) is 5.75 Å². The smallest absolute Gasteiger partial charge is 0.296 e. The van der Waals surface area contributed by atoms with Crippen LogP contribution < -0.4 is 15.8 Å². The number of anilines is 2. The molecule has 0 atom stereocenters. The van der Waals surface area contributed by atoms with E-state index in [4.69, 9.17) is 10.5 Å². The number of azo groups is 1. The van der Waals surface area contributed by atoms with Crippen LogP contribution in [0, 0.1) is 0 Å². The van der Waals surface area contributed by atoms with Gasteiger partial charge in [0.2, 0.25) is 5.91 Å². The number of carbonyl (C=O) groups excluding carboxylic acids is 1. The number of fused-ring (bicyclic) bond motifs is 1. The molecule has 0 aromatic heterocycles. The number of ether oxygens (including phenoxy) is 1. The monoisotopic (exact) mass is 574 g/mol. The predicted octanol–water partition coefficient (Wildman–Crippen LogP) is 2.54. The van der Waals surface area contributed by atoms with Gasteiger partial charge in [0.25, 0.3) is 30.4 Å². The molecular formula is C19H18N4O11S3. The van der Waals surface area contributed by atoms with Crippen LogP contribution in [-0.4, -0.2) is 51.9 Å². The molecule has 0 spiro atoms. The number of hydrogen-bond donors (Lipinski definition) is 5. The SMILES string of the molecule is COc1cc(N=Nc2cc3c(S(=O)(=O)O)cc(S(=O)(=O)O)cc3cc2S(=O)(=O)O)c(NC(C)=O)cc1N. The van der Waals surface area contributed by atoms with Crippen molar-refractivity contribution in [3.8, 4) is 5.75 Å². The zero-order valence-corrected chi connectivity index (χ0v) is 21.2. The molecule has 3 aromatic carbocycles. The molecule has 0 aliphatic heterocycles. The van der Waals surface area contributed by atoms with E-state index in [2.05, 4.69) is 15.5 Å². The number of nitrogens with zero attached hydrogens (tertiary/aromatic N) is 2. The van der Waals surface area contributed by atoms with Gasteiger partial charge in [0, 0.05) is 18.4 Å². The Kier molecular flexibility index (Phi) is 7.28. The maximum absolute atomic E-state index is 12.1. The summed E-state index contributed by atoms with van der Waals surface area (Å²) in [4.78, 5) is 8.64. The highest BCUT2D eigenvalue weighted by molar-refractivity contribution is 7.87. The second kappa shape index (κ2) is 9.65. The van der Waals surface area contributed by atoms with Gasteiger partial charge in [0.1, 0.15) is 26.9 Å². The summed E-state index contributed by atoms with van der Waals surface area (Å²) in [5.41, 5.74) is 5.26. The van der Waals surface area contributed by atoms with Gasteiger partial charge in [-0.15, -0.1) is 10.2 Å². The lowest BCUT2D eigenvalue weighted by atomic mass is 10.1. The maximum Gasteiger partial charge on any atom is 0.296 e. The Morgan fingerprint density at radius 3 is 1.95 bits per heavy atom. The lowest BCUT2D eigenvalue weighted by molar-refractivity contribution is -0.114. The first-order chi connectivity index (χ1) is 16.9. The van der Waals surface area contributed by atoms with Gasteiger partial charge in [-0.2, -0.15) is 25.3 Å². The molecule has 3 rings (SSSR count). The average Bonchev–Trinajstić information content (AvgIpc) is 2.74. The Morgan fingerprint density at radius 1 is 0.838 bits per heavy atom. The first-order valence-corrected chi connectivity index (χ1v) is 13.9. The molecule has 6 N–H and O–H groups in total. The van der Waals surface area contributed by atoms with Crippen molar-refractivity contribution in [3.05, 3.63) is 36.4 Å². The topological polar surface area (TPSA) is 252 Å². The van der Waals surface area contributed by atoms with Gasteiger partial charge in [0.05, 0.1) is 23.4 Å². The van der Waals surface area contributed by atoms with Crippen LogP contribution in [0.3, 0.4) is 0 Å². The highest BCUT2D eigenvalue weighted by Gasteiger charge is 2.24. The molecule has 15 nitrogen and oxygen atoms in total. The molecule has 18 heteroatoms. The van der Waals surface area contributed by atoms with Crippen LogP contribution in [0.4, 0.5) is 22.7 Å². The number of hydrogen-bond acceptors (Lipinski definition) is 11. The molecular weight excluding hydrogens is 556 g/mol. The van der Waals surface area contributed by atoms with Crippen molar-refractivity contribution in [1.82, 2.24) is 0 Å². The quantitative estimate of drug-likeness (QED) is 0.155. The predicted molar refractivity (Wildman–Crippen MR) is 129 cm³/mol. The molecule has 198 valence electrons. The minimum absolute atomic E-state index is 0.0418. The first kappa shape index (κ1) is 27.9. The fourth-order valence-electron chi connectivity index (χ4n) is 3.21. The van der Waals surface area contributed by atoms with Crippen LogP contribution >= 0.6 is 0 Å². The Balaban J connectivity index is 2.38. The third-order valence-corrected chi connectivity index (χ3v) is 7.35. The zero-order valence-electron chi connectivity index (χ0n) is 18.8. The van der Waals surface area contributed by atoms with Gasteiger partial charge in [-0.05, 0) is 35.7 Å². The van der Waals surface area contributed by atoms with Crippen LogP contribution in [0.25, 0.3) is 10.8 Å². The van der Waals surface area contributed by atoms with E-state index in [1.54, 1.807) is 0 Å². The lowest BCUT2D eigenvalue weighted by Gasteiger charge is -2.12. The zero-order chi connectivity index (χ0) is 27.9. The Morgan fingerprint density at radius 2 is 1.43 bits per heavy atom. The second-order valence-corrected chi connectivity index (χ2v) is 11.6. The Bertz CT molecular complexity index is 1800. The molecule has 3 aromatic rings. The van der Waals surface area contributed by atoms with Crippen molar-refractivity contribution in [1.29, 1.82) is 0 Å². The normalized spacial score (nSPS) is 12.7. The fraction of sp³-hybridized carbons (Fsp3) is 0.105. The summed E-state index contributed by atoms with van der Waals surface area (Å²) in [6.07, 6.45) is 0. The summed E-state index contributed by atoms with van der Waals surface area (Å²) in [5, 5.41) is 9.21. The third-order valence-electron chi connectivity index (χ3n) is 4.75. The second-order valence-electron chi connectivity index (χ2n) is 7.38. The van der Waals surface area contributed by atoms with E-state index in [0.717, 1.165) is 6.07 Å². The van der Waals surface area contributed by atoms with Crippen LogP contribution in [0.1, 0.15) is 6.92 Å². The van der Waals surface area contributed by atoms with E-state index < -0.39 is 67.4 Å². The molecule has 0 saturated heterocycles. The standard InChI is InChI=1S/C19H18N4O11S3/c1-9(24)21-14-7-13(20)17(34-2)8-15(14)22-23-16-6-12-10(4-19(16)37(31,32)33)3-11(35(25,26)27)5-18(12)36(28,29)30/h3-8H,20H2,1-2H3,(H,21,24)(H,25,26,27)(H,28,29,30)(H,31,32,33). The molecule has 1 amide bonds. The largest absolute Gasteiger partial charge is 0.495 e. The highest BCUT2D eigenvalue weighted by atomic mass is 32.2. The van der Waals surface area contributed by atoms with Crippen molar-refractivity contribution in [2.45, 2.75) is 21.6 Å². The molecule has 0 saturated carbocycles. The number of amides is 1. The fourth-order valence-corrected chi connectivity index (χ4v) is 5.20. The van der Waals surface area contributed by atoms with Crippen LogP contribution in [0.15, 0.2) is 61.3 Å². The molecule has 37 heavy (non-hydrogen) atoms.